The van der Waals surface area contributed by atoms with Crippen molar-refractivity contribution in [1.82, 2.24) is 14.7 Å². The van der Waals surface area contributed by atoms with Crippen LogP contribution in [0.4, 0.5) is 13.2 Å². The molecule has 0 aromatic carbocycles. The van der Waals surface area contributed by atoms with Crippen LogP contribution < -0.4 is 5.56 Å². The summed E-state index contributed by atoms with van der Waals surface area (Å²) in [5, 5.41) is 12.4. The Morgan fingerprint density at radius 1 is 1.24 bits per heavy atom. The van der Waals surface area contributed by atoms with Crippen LogP contribution in [0.3, 0.4) is 0 Å². The van der Waals surface area contributed by atoms with Crippen LogP contribution in [0.15, 0.2) is 27.6 Å². The van der Waals surface area contributed by atoms with Crippen molar-refractivity contribution in [3.8, 4) is 11.4 Å². The molecule has 2 aromatic heterocycles. The van der Waals surface area contributed by atoms with Crippen LogP contribution >= 0.6 is 0 Å². The smallest absolute Gasteiger partial charge is 0.396 e. The number of aliphatic hydroxyl groups excluding tert-OH is 1. The summed E-state index contributed by atoms with van der Waals surface area (Å²) in [5.41, 5.74) is -0.135. The molecule has 0 aliphatic heterocycles. The van der Waals surface area contributed by atoms with Crippen molar-refractivity contribution in [3.63, 3.8) is 0 Å². The molecule has 1 saturated carbocycles. The molecule has 1 aliphatic carbocycles. The third-order valence-electron chi connectivity index (χ3n) is 4.60. The Morgan fingerprint density at radius 3 is 2.48 bits per heavy atom. The summed E-state index contributed by atoms with van der Waals surface area (Å²) in [7, 11) is 0. The van der Waals surface area contributed by atoms with Gasteiger partial charge in [-0.2, -0.15) is 18.2 Å². The van der Waals surface area contributed by atoms with Crippen LogP contribution in [0.5, 0.6) is 0 Å². The summed E-state index contributed by atoms with van der Waals surface area (Å²) in [4.78, 5) is 15.5. The van der Waals surface area contributed by atoms with Gasteiger partial charge in [-0.1, -0.05) is 5.16 Å². The minimum Gasteiger partial charge on any atom is -0.396 e. The van der Waals surface area contributed by atoms with Gasteiger partial charge in [0.25, 0.3) is 5.56 Å². The number of alkyl halides is 3. The average molecular weight is 357 g/mol. The molecule has 1 N–H and O–H groups in total. The molecule has 9 heteroatoms. The van der Waals surface area contributed by atoms with Gasteiger partial charge in [0.2, 0.25) is 5.82 Å². The quantitative estimate of drug-likeness (QED) is 0.910. The standard InChI is InChI=1S/C16H18F3N3O3/c17-16(18,19)15-20-14(21-25-15)12-5-6-22(13(24)7-12)8-10-1-3-11(9-23)4-2-10/h5-7,10-11,23H,1-4,8-9H2. The van der Waals surface area contributed by atoms with E-state index >= 15 is 0 Å². The van der Waals surface area contributed by atoms with Gasteiger partial charge in [0.05, 0.1) is 0 Å². The van der Waals surface area contributed by atoms with Crippen LogP contribution in [0, 0.1) is 11.8 Å². The van der Waals surface area contributed by atoms with Crippen molar-refractivity contribution in [3.05, 3.63) is 34.6 Å². The number of pyridine rings is 1. The number of rotatable bonds is 4. The van der Waals surface area contributed by atoms with Crippen LogP contribution in [0.25, 0.3) is 11.4 Å². The summed E-state index contributed by atoms with van der Waals surface area (Å²) in [6.07, 6.45) is 0.597. The Bertz CT molecular complexity index is 777. The first-order chi connectivity index (χ1) is 11.9. The van der Waals surface area contributed by atoms with Crippen molar-refractivity contribution in [2.45, 2.75) is 38.4 Å². The second-order valence-electron chi connectivity index (χ2n) is 6.40. The molecule has 25 heavy (non-hydrogen) atoms. The molecule has 0 spiro atoms. The van der Waals surface area contributed by atoms with Gasteiger partial charge < -0.3 is 14.2 Å². The van der Waals surface area contributed by atoms with E-state index in [0.717, 1.165) is 25.7 Å². The molecule has 6 nitrogen and oxygen atoms in total. The predicted molar refractivity (Wildman–Crippen MR) is 81.5 cm³/mol. The van der Waals surface area contributed by atoms with E-state index in [1.807, 2.05) is 0 Å². The van der Waals surface area contributed by atoms with Gasteiger partial charge in [-0.05, 0) is 43.6 Å². The Labute approximate surface area is 141 Å². The number of halogens is 3. The van der Waals surface area contributed by atoms with Crippen molar-refractivity contribution < 1.29 is 22.8 Å². The fraction of sp³-hybridized carbons (Fsp3) is 0.562. The molecule has 2 heterocycles. The molecule has 0 atom stereocenters. The highest BCUT2D eigenvalue weighted by Gasteiger charge is 2.38. The largest absolute Gasteiger partial charge is 0.471 e. The molecule has 0 radical (unpaired) electrons. The number of hydrogen-bond donors (Lipinski definition) is 1. The second kappa shape index (κ2) is 6.99. The normalized spacial score (nSPS) is 21.4. The molecule has 136 valence electrons. The monoisotopic (exact) mass is 357 g/mol. The van der Waals surface area contributed by atoms with Crippen LogP contribution in [-0.2, 0) is 12.7 Å². The number of nitrogens with zero attached hydrogens (tertiary/aromatic N) is 3. The van der Waals surface area contributed by atoms with Crippen molar-refractivity contribution >= 4 is 0 Å². The minimum atomic E-state index is -4.71. The summed E-state index contributed by atoms with van der Waals surface area (Å²) in [6, 6.07) is 2.72. The molecule has 1 fully saturated rings. The molecule has 1 aliphatic rings. The zero-order valence-corrected chi connectivity index (χ0v) is 13.4. The lowest BCUT2D eigenvalue weighted by atomic mass is 9.82. The molecule has 2 aromatic rings. The van der Waals surface area contributed by atoms with E-state index < -0.39 is 12.1 Å². The van der Waals surface area contributed by atoms with E-state index in [0.29, 0.717) is 18.4 Å². The van der Waals surface area contributed by atoms with E-state index in [2.05, 4.69) is 14.7 Å². The molecular formula is C16H18F3N3O3. The maximum atomic E-state index is 12.5. The molecule has 0 amide bonds. The van der Waals surface area contributed by atoms with Crippen molar-refractivity contribution in [1.29, 1.82) is 0 Å². The van der Waals surface area contributed by atoms with E-state index in [4.69, 9.17) is 5.11 Å². The topological polar surface area (TPSA) is 81.2 Å². The average Bonchev–Trinajstić information content (AvgIpc) is 3.08. The predicted octanol–water partition coefficient (Wildman–Crippen LogP) is 2.72. The zero-order valence-electron chi connectivity index (χ0n) is 13.4. The Hall–Kier alpha value is -2.16. The highest BCUT2D eigenvalue weighted by molar-refractivity contribution is 5.52. The van der Waals surface area contributed by atoms with Gasteiger partial charge in [0.1, 0.15) is 0 Å². The fourth-order valence-electron chi connectivity index (χ4n) is 3.13. The van der Waals surface area contributed by atoms with E-state index in [-0.39, 0.29) is 23.6 Å². The zero-order chi connectivity index (χ0) is 18.0. The first-order valence-electron chi connectivity index (χ1n) is 8.09. The van der Waals surface area contributed by atoms with Crippen molar-refractivity contribution in [2.75, 3.05) is 6.61 Å². The first kappa shape index (κ1) is 17.7. The van der Waals surface area contributed by atoms with Gasteiger partial charge in [-0.25, -0.2) is 0 Å². The van der Waals surface area contributed by atoms with Crippen LogP contribution in [0.1, 0.15) is 31.6 Å². The second-order valence-corrected chi connectivity index (χ2v) is 6.40. The lowest BCUT2D eigenvalue weighted by Crippen LogP contribution is -2.26. The van der Waals surface area contributed by atoms with Crippen LogP contribution in [-0.4, -0.2) is 26.4 Å². The van der Waals surface area contributed by atoms with E-state index in [9.17, 15) is 18.0 Å². The van der Waals surface area contributed by atoms with Gasteiger partial charge in [0.15, 0.2) is 0 Å². The maximum Gasteiger partial charge on any atom is 0.471 e. The SMILES string of the molecule is O=c1cc(-c2noc(C(F)(F)F)n2)ccn1CC1CCC(CO)CC1. The fourth-order valence-corrected chi connectivity index (χ4v) is 3.13. The Kier molecular flexibility index (Phi) is 4.94. The number of hydrogen-bond acceptors (Lipinski definition) is 5. The highest BCUT2D eigenvalue weighted by Crippen LogP contribution is 2.30. The lowest BCUT2D eigenvalue weighted by molar-refractivity contribution is -0.159. The lowest BCUT2D eigenvalue weighted by Gasteiger charge is -2.27. The molecule has 0 bridgehead atoms. The third kappa shape index (κ3) is 4.09. The first-order valence-corrected chi connectivity index (χ1v) is 8.09. The molecule has 0 unspecified atom stereocenters. The number of aliphatic hydroxyl groups is 1. The Morgan fingerprint density at radius 2 is 1.92 bits per heavy atom. The van der Waals surface area contributed by atoms with Gasteiger partial charge in [-0.3, -0.25) is 4.79 Å². The summed E-state index contributed by atoms with van der Waals surface area (Å²) in [5.74, 6) is -1.00. The van der Waals surface area contributed by atoms with Gasteiger partial charge >= 0.3 is 12.1 Å². The number of aromatic nitrogens is 3. The maximum absolute atomic E-state index is 12.5. The van der Waals surface area contributed by atoms with E-state index in [1.165, 1.54) is 16.7 Å². The summed E-state index contributed by atoms with van der Waals surface area (Å²) in [6.45, 7) is 0.753. The van der Waals surface area contributed by atoms with Gasteiger partial charge in [0, 0.05) is 31.0 Å². The summed E-state index contributed by atoms with van der Waals surface area (Å²) < 4.78 is 43.2. The van der Waals surface area contributed by atoms with Crippen molar-refractivity contribution in [2.24, 2.45) is 11.8 Å². The van der Waals surface area contributed by atoms with E-state index in [1.54, 1.807) is 6.20 Å². The minimum absolute atomic E-state index is 0.185. The molecule has 0 saturated heterocycles. The third-order valence-corrected chi connectivity index (χ3v) is 4.60. The van der Waals surface area contributed by atoms with Crippen LogP contribution in [0.2, 0.25) is 0 Å². The summed E-state index contributed by atoms with van der Waals surface area (Å²) >= 11 is 0. The highest BCUT2D eigenvalue weighted by atomic mass is 19.4. The van der Waals surface area contributed by atoms with Gasteiger partial charge in [-0.15, -0.1) is 0 Å². The molecule has 3 rings (SSSR count). The molecular weight excluding hydrogens is 339 g/mol. The Balaban J connectivity index is 1.71.